The molecule has 3 N–H and O–H groups in total. The number of guanidine groups is 1. The Kier molecular flexibility index (Phi) is 8.88. The summed E-state index contributed by atoms with van der Waals surface area (Å²) < 4.78 is 27.9. The maximum atomic E-state index is 13.9. The van der Waals surface area contributed by atoms with Gasteiger partial charge >= 0.3 is 0 Å². The third-order valence-electron chi connectivity index (χ3n) is 5.45. The molecule has 2 aliphatic rings. The first-order chi connectivity index (χ1) is 13.0. The van der Waals surface area contributed by atoms with E-state index >= 15 is 0 Å². The van der Waals surface area contributed by atoms with Crippen molar-refractivity contribution in [3.05, 3.63) is 35.4 Å². The molecule has 1 unspecified atom stereocenters. The SMILES string of the molecule is CCNC(=NCC1(O)CCC1)NC1CCCN(Cc2c(F)cccc2F)C1.I. The smallest absolute Gasteiger partial charge is 0.191 e. The minimum atomic E-state index is -0.649. The largest absolute Gasteiger partial charge is 0.388 e. The van der Waals surface area contributed by atoms with Crippen LogP contribution in [-0.2, 0) is 6.54 Å². The van der Waals surface area contributed by atoms with E-state index in [1.807, 2.05) is 6.92 Å². The van der Waals surface area contributed by atoms with Crippen LogP contribution in [0.2, 0.25) is 0 Å². The molecule has 2 fully saturated rings. The summed E-state index contributed by atoms with van der Waals surface area (Å²) in [5.41, 5.74) is -0.519. The lowest BCUT2D eigenvalue weighted by Gasteiger charge is -2.36. The molecule has 1 heterocycles. The van der Waals surface area contributed by atoms with E-state index in [9.17, 15) is 13.9 Å². The van der Waals surface area contributed by atoms with Gasteiger partial charge in [-0.2, -0.15) is 0 Å². The highest BCUT2D eigenvalue weighted by molar-refractivity contribution is 14.0. The van der Waals surface area contributed by atoms with Crippen LogP contribution in [0.3, 0.4) is 0 Å². The van der Waals surface area contributed by atoms with Crippen molar-refractivity contribution in [3.8, 4) is 0 Å². The third-order valence-corrected chi connectivity index (χ3v) is 5.45. The van der Waals surface area contributed by atoms with Crippen molar-refractivity contribution in [1.82, 2.24) is 15.5 Å². The second-order valence-corrected chi connectivity index (χ2v) is 7.69. The van der Waals surface area contributed by atoms with Crippen LogP contribution < -0.4 is 10.6 Å². The molecule has 1 aromatic rings. The third kappa shape index (κ3) is 6.25. The number of nitrogens with zero attached hydrogens (tertiary/aromatic N) is 2. The molecule has 1 atom stereocenters. The van der Waals surface area contributed by atoms with Crippen molar-refractivity contribution in [1.29, 1.82) is 0 Å². The van der Waals surface area contributed by atoms with Crippen LogP contribution in [0, 0.1) is 11.6 Å². The molecule has 8 heteroatoms. The first-order valence-electron chi connectivity index (χ1n) is 9.91. The highest BCUT2D eigenvalue weighted by Gasteiger charge is 2.34. The van der Waals surface area contributed by atoms with Gasteiger partial charge in [0.05, 0.1) is 12.1 Å². The Labute approximate surface area is 183 Å². The topological polar surface area (TPSA) is 59.9 Å². The van der Waals surface area contributed by atoms with Gasteiger partial charge in [-0.25, -0.2) is 8.78 Å². The van der Waals surface area contributed by atoms with Crippen LogP contribution in [0.1, 0.15) is 44.6 Å². The van der Waals surface area contributed by atoms with Crippen molar-refractivity contribution in [2.24, 2.45) is 4.99 Å². The number of halogens is 3. The molecule has 28 heavy (non-hydrogen) atoms. The molecule has 0 bridgehead atoms. The van der Waals surface area contributed by atoms with Gasteiger partial charge in [-0.05, 0) is 57.7 Å². The van der Waals surface area contributed by atoms with E-state index in [1.165, 1.54) is 18.2 Å². The summed E-state index contributed by atoms with van der Waals surface area (Å²) in [6.45, 7) is 4.93. The average Bonchev–Trinajstić information content (AvgIpc) is 2.62. The number of hydrogen-bond acceptors (Lipinski definition) is 3. The van der Waals surface area contributed by atoms with Crippen molar-refractivity contribution >= 4 is 29.9 Å². The molecule has 3 rings (SSSR count). The number of aliphatic hydroxyl groups is 1. The van der Waals surface area contributed by atoms with E-state index in [0.29, 0.717) is 19.0 Å². The second-order valence-electron chi connectivity index (χ2n) is 7.69. The van der Waals surface area contributed by atoms with E-state index in [2.05, 4.69) is 20.5 Å². The fraction of sp³-hybridized carbons (Fsp3) is 0.650. The first kappa shape index (κ1) is 23.3. The Morgan fingerprint density at radius 3 is 2.61 bits per heavy atom. The number of aliphatic imine (C=N–C) groups is 1. The Morgan fingerprint density at radius 2 is 2.00 bits per heavy atom. The number of rotatable bonds is 6. The maximum Gasteiger partial charge on any atom is 0.191 e. The van der Waals surface area contributed by atoms with Crippen molar-refractivity contribution in [3.63, 3.8) is 0 Å². The van der Waals surface area contributed by atoms with Gasteiger partial charge < -0.3 is 15.7 Å². The van der Waals surface area contributed by atoms with Crippen molar-refractivity contribution in [2.45, 2.75) is 57.2 Å². The van der Waals surface area contributed by atoms with E-state index in [4.69, 9.17) is 0 Å². The van der Waals surface area contributed by atoms with Crippen LogP contribution in [0.25, 0.3) is 0 Å². The van der Waals surface area contributed by atoms with Gasteiger partial charge in [0.2, 0.25) is 0 Å². The molecule has 0 amide bonds. The van der Waals surface area contributed by atoms with Gasteiger partial charge in [0.15, 0.2) is 5.96 Å². The lowest BCUT2D eigenvalue weighted by Crippen LogP contribution is -2.51. The normalized spacial score (nSPS) is 22.1. The van der Waals surface area contributed by atoms with Gasteiger partial charge in [0.25, 0.3) is 0 Å². The Balaban J connectivity index is 0.00000280. The zero-order valence-corrected chi connectivity index (χ0v) is 18.7. The summed E-state index contributed by atoms with van der Waals surface area (Å²) in [6.07, 6.45) is 4.60. The molecule has 158 valence electrons. The molecule has 1 saturated carbocycles. The molecule has 0 radical (unpaired) electrons. The predicted octanol–water partition coefficient (Wildman–Crippen LogP) is 3.02. The van der Waals surface area contributed by atoms with Gasteiger partial charge in [-0.15, -0.1) is 24.0 Å². The van der Waals surface area contributed by atoms with Gasteiger partial charge in [0.1, 0.15) is 11.6 Å². The zero-order valence-electron chi connectivity index (χ0n) is 16.4. The summed E-state index contributed by atoms with van der Waals surface area (Å²) in [4.78, 5) is 6.62. The summed E-state index contributed by atoms with van der Waals surface area (Å²) in [5.74, 6) is -0.288. The van der Waals surface area contributed by atoms with Crippen LogP contribution in [0.4, 0.5) is 8.78 Å². The fourth-order valence-electron chi connectivity index (χ4n) is 3.71. The van der Waals surface area contributed by atoms with Crippen molar-refractivity contribution < 1.29 is 13.9 Å². The number of likely N-dealkylation sites (tertiary alicyclic amines) is 1. The number of benzene rings is 1. The molecule has 1 saturated heterocycles. The molecule has 1 aliphatic heterocycles. The Morgan fingerprint density at radius 1 is 1.29 bits per heavy atom. The molecule has 0 aromatic heterocycles. The minimum absolute atomic E-state index is 0. The molecular weight excluding hydrogens is 477 g/mol. The first-order valence-corrected chi connectivity index (χ1v) is 9.91. The van der Waals surface area contributed by atoms with E-state index in [1.54, 1.807) is 0 Å². The van der Waals surface area contributed by atoms with E-state index in [-0.39, 0.29) is 42.1 Å². The summed E-state index contributed by atoms with van der Waals surface area (Å²) in [6, 6.07) is 4.16. The monoisotopic (exact) mass is 508 g/mol. The van der Waals surface area contributed by atoms with E-state index < -0.39 is 17.2 Å². The Bertz CT molecular complexity index is 649. The van der Waals surface area contributed by atoms with Crippen LogP contribution in [0.15, 0.2) is 23.2 Å². The average molecular weight is 508 g/mol. The lowest BCUT2D eigenvalue weighted by molar-refractivity contribution is -0.0236. The highest BCUT2D eigenvalue weighted by atomic mass is 127. The molecule has 0 spiro atoms. The van der Waals surface area contributed by atoms with Crippen molar-refractivity contribution in [2.75, 3.05) is 26.2 Å². The van der Waals surface area contributed by atoms with Gasteiger partial charge in [0, 0.05) is 31.2 Å². The lowest BCUT2D eigenvalue weighted by atomic mass is 9.80. The zero-order chi connectivity index (χ0) is 19.3. The van der Waals surface area contributed by atoms with E-state index in [0.717, 1.165) is 45.2 Å². The summed E-state index contributed by atoms with van der Waals surface area (Å²) >= 11 is 0. The van der Waals surface area contributed by atoms with Gasteiger partial charge in [-0.1, -0.05) is 6.07 Å². The maximum absolute atomic E-state index is 13.9. The minimum Gasteiger partial charge on any atom is -0.388 e. The Hall–Kier alpha value is -1.000. The fourth-order valence-corrected chi connectivity index (χ4v) is 3.71. The quantitative estimate of drug-likeness (QED) is 0.314. The molecule has 5 nitrogen and oxygen atoms in total. The summed E-state index contributed by atoms with van der Waals surface area (Å²) in [7, 11) is 0. The molecule has 1 aliphatic carbocycles. The molecular formula is C20H31F2IN4O. The molecule has 1 aromatic carbocycles. The summed E-state index contributed by atoms with van der Waals surface area (Å²) in [5, 5.41) is 16.9. The van der Waals surface area contributed by atoms with Crippen LogP contribution in [-0.4, -0.2) is 53.8 Å². The van der Waals surface area contributed by atoms with Gasteiger partial charge in [-0.3, -0.25) is 9.89 Å². The number of nitrogens with one attached hydrogen (secondary N) is 2. The standard InChI is InChI=1S/C20H30F2N4O.HI/c1-2-23-19(24-14-20(27)9-5-10-20)25-15-6-4-11-26(12-15)13-16-17(21)7-3-8-18(16)22;/h3,7-8,15,27H,2,4-6,9-14H2,1H3,(H2,23,24,25);1H. The highest BCUT2D eigenvalue weighted by Crippen LogP contribution is 2.31. The predicted molar refractivity (Wildman–Crippen MR) is 118 cm³/mol. The van der Waals surface area contributed by atoms with Crippen LogP contribution >= 0.6 is 24.0 Å². The number of hydrogen-bond donors (Lipinski definition) is 3. The van der Waals surface area contributed by atoms with Crippen LogP contribution in [0.5, 0.6) is 0 Å². The number of piperidine rings is 1. The second kappa shape index (κ2) is 10.7.